The van der Waals surface area contributed by atoms with Gasteiger partial charge >= 0.3 is 0 Å². The molecule has 0 bridgehead atoms. The van der Waals surface area contributed by atoms with Crippen LogP contribution in [0, 0.1) is 0 Å². The van der Waals surface area contributed by atoms with E-state index in [1.165, 1.54) is 18.6 Å². The van der Waals surface area contributed by atoms with E-state index in [-0.39, 0.29) is 0 Å². The number of fused-ring (bicyclic) bond motifs is 1. The summed E-state index contributed by atoms with van der Waals surface area (Å²) in [5.41, 5.74) is 1.06. The van der Waals surface area contributed by atoms with Crippen LogP contribution in [0.3, 0.4) is 0 Å². The first-order chi connectivity index (χ1) is 7.84. The summed E-state index contributed by atoms with van der Waals surface area (Å²) in [6.45, 7) is 0. The number of hydrogen-bond donors (Lipinski definition) is 1. The summed E-state index contributed by atoms with van der Waals surface area (Å²) in [6.07, 6.45) is 6.12. The highest BCUT2D eigenvalue weighted by atomic mass is 32.2. The molecule has 0 spiro atoms. The van der Waals surface area contributed by atoms with E-state index in [1.54, 1.807) is 12.3 Å². The number of hydrogen-bond acceptors (Lipinski definition) is 3. The molecule has 1 saturated heterocycles. The van der Waals surface area contributed by atoms with Crippen LogP contribution in [0.2, 0.25) is 0 Å². The van der Waals surface area contributed by atoms with Gasteiger partial charge in [0.25, 0.3) is 0 Å². The molecule has 0 amide bonds. The van der Waals surface area contributed by atoms with Gasteiger partial charge in [-0.3, -0.25) is 4.40 Å². The molecule has 4 heteroatoms. The van der Waals surface area contributed by atoms with Crippen LogP contribution in [0.5, 0.6) is 5.75 Å². The zero-order valence-electron chi connectivity index (χ0n) is 8.97. The van der Waals surface area contributed by atoms with E-state index < -0.39 is 0 Å². The topological polar surface area (TPSA) is 37.5 Å². The average molecular weight is 234 g/mol. The second kappa shape index (κ2) is 4.01. The predicted molar refractivity (Wildman–Crippen MR) is 66.2 cm³/mol. The molecule has 0 radical (unpaired) electrons. The van der Waals surface area contributed by atoms with E-state index in [0.717, 1.165) is 17.1 Å². The molecule has 16 heavy (non-hydrogen) atoms. The fraction of sp³-hybridized carbons (Fsp3) is 0.417. The molecular weight excluding hydrogens is 220 g/mol. The summed E-state index contributed by atoms with van der Waals surface area (Å²) in [4.78, 5) is 4.50. The Morgan fingerprint density at radius 3 is 3.19 bits per heavy atom. The third-order valence-electron chi connectivity index (χ3n) is 3.07. The molecule has 0 aromatic carbocycles. The van der Waals surface area contributed by atoms with Gasteiger partial charge in [-0.15, -0.1) is 0 Å². The first-order valence-electron chi connectivity index (χ1n) is 5.58. The Morgan fingerprint density at radius 1 is 1.44 bits per heavy atom. The van der Waals surface area contributed by atoms with Gasteiger partial charge in [0, 0.05) is 11.7 Å². The number of aromatic hydroxyl groups is 1. The van der Waals surface area contributed by atoms with E-state index in [0.29, 0.717) is 11.7 Å². The van der Waals surface area contributed by atoms with Crippen LogP contribution < -0.4 is 0 Å². The molecule has 3 heterocycles. The number of nitrogens with zero attached hydrogens (tertiary/aromatic N) is 2. The van der Waals surface area contributed by atoms with Crippen LogP contribution >= 0.6 is 11.8 Å². The third-order valence-corrected chi connectivity index (χ3v) is 4.28. The van der Waals surface area contributed by atoms with Crippen molar-refractivity contribution in [3.8, 4) is 5.75 Å². The van der Waals surface area contributed by atoms with Crippen LogP contribution in [-0.2, 0) is 0 Å². The van der Waals surface area contributed by atoms with Crippen molar-refractivity contribution >= 4 is 17.3 Å². The molecule has 1 aliphatic heterocycles. The molecule has 2 aromatic rings. The Balaban J connectivity index is 2.05. The minimum atomic E-state index is 0.301. The third kappa shape index (κ3) is 1.67. The van der Waals surface area contributed by atoms with Crippen molar-refractivity contribution in [2.24, 2.45) is 0 Å². The lowest BCUT2D eigenvalue weighted by Gasteiger charge is -2.20. The lowest BCUT2D eigenvalue weighted by molar-refractivity contribution is 0.471. The zero-order valence-corrected chi connectivity index (χ0v) is 9.78. The van der Waals surface area contributed by atoms with Crippen molar-refractivity contribution in [3.63, 3.8) is 0 Å². The highest BCUT2D eigenvalue weighted by Gasteiger charge is 2.20. The second-order valence-electron chi connectivity index (χ2n) is 4.21. The smallest absolute Gasteiger partial charge is 0.132 e. The van der Waals surface area contributed by atoms with Gasteiger partial charge in [0.1, 0.15) is 11.6 Å². The molecule has 1 fully saturated rings. The summed E-state index contributed by atoms with van der Waals surface area (Å²) in [6, 6.07) is 3.61. The van der Waals surface area contributed by atoms with Gasteiger partial charge in [0.2, 0.25) is 0 Å². The van der Waals surface area contributed by atoms with Crippen molar-refractivity contribution < 1.29 is 5.11 Å². The van der Waals surface area contributed by atoms with E-state index in [1.807, 2.05) is 28.4 Å². The molecule has 1 N–H and O–H groups in total. The summed E-state index contributed by atoms with van der Waals surface area (Å²) in [7, 11) is 0. The van der Waals surface area contributed by atoms with E-state index >= 15 is 0 Å². The summed E-state index contributed by atoms with van der Waals surface area (Å²) in [5.74, 6) is 4.34. The van der Waals surface area contributed by atoms with Gasteiger partial charge < -0.3 is 5.11 Å². The van der Waals surface area contributed by atoms with Crippen molar-refractivity contribution in [3.05, 3.63) is 30.4 Å². The van der Waals surface area contributed by atoms with Crippen LogP contribution in [0.4, 0.5) is 0 Å². The maximum atomic E-state index is 9.52. The minimum Gasteiger partial charge on any atom is -0.506 e. The molecule has 84 valence electrons. The van der Waals surface area contributed by atoms with Gasteiger partial charge in [-0.05, 0) is 30.7 Å². The van der Waals surface area contributed by atoms with Crippen LogP contribution in [0.1, 0.15) is 24.6 Å². The Morgan fingerprint density at radius 2 is 2.38 bits per heavy atom. The average Bonchev–Trinajstić information content (AvgIpc) is 2.73. The number of aromatic nitrogens is 2. The number of rotatable bonds is 1. The fourth-order valence-electron chi connectivity index (χ4n) is 2.25. The van der Waals surface area contributed by atoms with E-state index in [2.05, 4.69) is 4.98 Å². The van der Waals surface area contributed by atoms with Gasteiger partial charge in [0.05, 0.1) is 17.9 Å². The SMILES string of the molecule is Oc1ccc2cnc(C3CCCSC3)n2c1. The maximum absolute atomic E-state index is 9.52. The largest absolute Gasteiger partial charge is 0.506 e. The van der Waals surface area contributed by atoms with E-state index in [4.69, 9.17) is 0 Å². The van der Waals surface area contributed by atoms with Gasteiger partial charge in [0.15, 0.2) is 0 Å². The van der Waals surface area contributed by atoms with Crippen LogP contribution in [-0.4, -0.2) is 26.0 Å². The highest BCUT2D eigenvalue weighted by Crippen LogP contribution is 2.31. The quantitative estimate of drug-likeness (QED) is 0.824. The molecule has 0 saturated carbocycles. The van der Waals surface area contributed by atoms with Gasteiger partial charge in [-0.2, -0.15) is 11.8 Å². The predicted octanol–water partition coefficient (Wildman–Crippen LogP) is 2.65. The van der Waals surface area contributed by atoms with Crippen molar-refractivity contribution in [2.75, 3.05) is 11.5 Å². The van der Waals surface area contributed by atoms with Crippen LogP contribution in [0.25, 0.3) is 5.52 Å². The highest BCUT2D eigenvalue weighted by molar-refractivity contribution is 7.99. The summed E-state index contributed by atoms with van der Waals surface area (Å²) < 4.78 is 2.02. The first kappa shape index (κ1) is 10.0. The Hall–Kier alpha value is -1.16. The van der Waals surface area contributed by atoms with Gasteiger partial charge in [-0.1, -0.05) is 0 Å². The Labute approximate surface area is 98.5 Å². The number of thioether (sulfide) groups is 1. The molecule has 0 aliphatic carbocycles. The standard InChI is InChI=1S/C12H14N2OS/c15-11-4-3-10-6-13-12(14(10)7-11)9-2-1-5-16-8-9/h3-4,6-7,9,15H,1-2,5,8H2. The molecule has 3 nitrogen and oxygen atoms in total. The monoisotopic (exact) mass is 234 g/mol. The molecule has 3 rings (SSSR count). The second-order valence-corrected chi connectivity index (χ2v) is 5.36. The Kier molecular flexibility index (Phi) is 2.52. The van der Waals surface area contributed by atoms with Crippen LogP contribution in [0.15, 0.2) is 24.5 Å². The number of imidazole rings is 1. The normalized spacial score (nSPS) is 21.4. The van der Waals surface area contributed by atoms with Crippen molar-refractivity contribution in [2.45, 2.75) is 18.8 Å². The summed E-state index contributed by atoms with van der Waals surface area (Å²) in [5, 5.41) is 9.52. The Bertz CT molecular complexity index is 503. The molecule has 2 aromatic heterocycles. The molecule has 1 atom stereocenters. The molecule has 1 unspecified atom stereocenters. The lowest BCUT2D eigenvalue weighted by atomic mass is 10.1. The van der Waals surface area contributed by atoms with Crippen molar-refractivity contribution in [1.29, 1.82) is 0 Å². The van der Waals surface area contributed by atoms with Crippen molar-refractivity contribution in [1.82, 2.24) is 9.38 Å². The zero-order chi connectivity index (χ0) is 11.0. The molecule has 1 aliphatic rings. The summed E-state index contributed by atoms with van der Waals surface area (Å²) >= 11 is 2.00. The van der Waals surface area contributed by atoms with E-state index in [9.17, 15) is 5.11 Å². The first-order valence-corrected chi connectivity index (χ1v) is 6.74. The van der Waals surface area contributed by atoms with Gasteiger partial charge in [-0.25, -0.2) is 4.98 Å². The fourth-order valence-corrected chi connectivity index (χ4v) is 3.38. The molecular formula is C12H14N2OS. The maximum Gasteiger partial charge on any atom is 0.132 e. The lowest BCUT2D eigenvalue weighted by Crippen LogP contribution is -2.11. The minimum absolute atomic E-state index is 0.301. The number of pyridine rings is 1.